The lowest BCUT2D eigenvalue weighted by molar-refractivity contribution is -0.120. The Morgan fingerprint density at radius 2 is 1.95 bits per heavy atom. The van der Waals surface area contributed by atoms with Crippen LogP contribution in [-0.2, 0) is 4.79 Å². The molecule has 0 spiro atoms. The number of phenols is 1. The predicted octanol–water partition coefficient (Wildman–Crippen LogP) is 0.348. The number of benzene rings is 1. The molecule has 0 aromatic heterocycles. The Hall–Kier alpha value is -2.77. The van der Waals surface area contributed by atoms with E-state index in [4.69, 9.17) is 5.11 Å². The molecule has 20 heavy (non-hydrogen) atoms. The average Bonchev–Trinajstić information content (AvgIpc) is 2.40. The Bertz CT molecular complexity index is 530. The van der Waals surface area contributed by atoms with E-state index in [9.17, 15) is 19.5 Å². The van der Waals surface area contributed by atoms with Gasteiger partial charge in [-0.25, -0.2) is 9.59 Å². The first kappa shape index (κ1) is 15.3. The van der Waals surface area contributed by atoms with Gasteiger partial charge in [0.05, 0.1) is 11.3 Å². The van der Waals surface area contributed by atoms with Gasteiger partial charge in [0.2, 0.25) is 5.91 Å². The molecule has 0 heterocycles. The lowest BCUT2D eigenvalue weighted by atomic mass is 10.2. The molecule has 1 aromatic carbocycles. The zero-order valence-corrected chi connectivity index (χ0v) is 10.8. The van der Waals surface area contributed by atoms with Crippen molar-refractivity contribution >= 4 is 23.6 Å². The van der Waals surface area contributed by atoms with E-state index in [2.05, 4.69) is 16.0 Å². The summed E-state index contributed by atoms with van der Waals surface area (Å²) in [5, 5.41) is 25.5. The Labute approximate surface area is 114 Å². The van der Waals surface area contributed by atoms with Crippen LogP contribution >= 0.6 is 0 Å². The van der Waals surface area contributed by atoms with Crippen LogP contribution in [0.2, 0.25) is 0 Å². The fourth-order valence-electron chi connectivity index (χ4n) is 1.35. The third-order valence-electron chi connectivity index (χ3n) is 2.41. The van der Waals surface area contributed by atoms with Crippen LogP contribution in [0.3, 0.4) is 0 Å². The number of aromatic carboxylic acids is 1. The molecular formula is C12H15N3O5. The Balaban J connectivity index is 2.54. The maximum atomic E-state index is 11.5. The minimum atomic E-state index is -1.18. The van der Waals surface area contributed by atoms with Gasteiger partial charge in [-0.1, -0.05) is 0 Å². The van der Waals surface area contributed by atoms with Gasteiger partial charge in [0.25, 0.3) is 0 Å². The second-order valence-electron chi connectivity index (χ2n) is 3.84. The van der Waals surface area contributed by atoms with Gasteiger partial charge in [0, 0.05) is 20.0 Å². The van der Waals surface area contributed by atoms with Crippen LogP contribution in [0.5, 0.6) is 5.75 Å². The molecule has 1 aromatic rings. The molecule has 0 saturated heterocycles. The highest BCUT2D eigenvalue weighted by Gasteiger charge is 2.10. The molecular weight excluding hydrogens is 266 g/mol. The average molecular weight is 281 g/mol. The third kappa shape index (κ3) is 4.48. The van der Waals surface area contributed by atoms with Gasteiger partial charge < -0.3 is 26.2 Å². The smallest absolute Gasteiger partial charge is 0.335 e. The summed E-state index contributed by atoms with van der Waals surface area (Å²) in [4.78, 5) is 33.1. The molecule has 8 nitrogen and oxygen atoms in total. The van der Waals surface area contributed by atoms with Gasteiger partial charge in [-0.15, -0.1) is 0 Å². The van der Waals surface area contributed by atoms with Crippen molar-refractivity contribution in [2.24, 2.45) is 0 Å². The van der Waals surface area contributed by atoms with Crippen molar-refractivity contribution in [1.82, 2.24) is 10.6 Å². The molecule has 0 unspecified atom stereocenters. The highest BCUT2D eigenvalue weighted by atomic mass is 16.4. The molecule has 0 aliphatic rings. The van der Waals surface area contributed by atoms with E-state index >= 15 is 0 Å². The van der Waals surface area contributed by atoms with Crippen LogP contribution in [0.15, 0.2) is 18.2 Å². The minimum absolute atomic E-state index is 0.0763. The lowest BCUT2D eigenvalue weighted by Gasteiger charge is -2.09. The number of phenolic OH excluding ortho intramolecular Hbond substituents is 1. The first-order chi connectivity index (χ1) is 9.43. The van der Waals surface area contributed by atoms with Gasteiger partial charge in [0.1, 0.15) is 5.75 Å². The monoisotopic (exact) mass is 281 g/mol. The third-order valence-corrected chi connectivity index (χ3v) is 2.41. The normalized spacial score (nSPS) is 9.65. The molecule has 0 atom stereocenters. The number of carboxylic acids is 1. The van der Waals surface area contributed by atoms with E-state index < -0.39 is 12.0 Å². The number of hydrogen-bond donors (Lipinski definition) is 5. The Morgan fingerprint density at radius 3 is 2.50 bits per heavy atom. The molecule has 0 aliphatic carbocycles. The number of anilines is 1. The van der Waals surface area contributed by atoms with Crippen molar-refractivity contribution < 1.29 is 24.6 Å². The summed E-state index contributed by atoms with van der Waals surface area (Å²) < 4.78 is 0. The van der Waals surface area contributed by atoms with Crippen LogP contribution in [-0.4, -0.2) is 41.7 Å². The zero-order chi connectivity index (χ0) is 15.1. The van der Waals surface area contributed by atoms with Gasteiger partial charge in [-0.05, 0) is 18.2 Å². The number of carbonyl (C=O) groups is 3. The maximum Gasteiger partial charge on any atom is 0.335 e. The molecule has 0 fully saturated rings. The zero-order valence-electron chi connectivity index (χ0n) is 10.8. The molecule has 8 heteroatoms. The van der Waals surface area contributed by atoms with E-state index in [1.807, 2.05) is 0 Å². The number of rotatable bonds is 5. The quantitative estimate of drug-likeness (QED) is 0.497. The summed E-state index contributed by atoms with van der Waals surface area (Å²) in [6.07, 6.45) is 0.133. The molecule has 3 amide bonds. The van der Waals surface area contributed by atoms with Gasteiger partial charge in [-0.3, -0.25) is 4.79 Å². The summed E-state index contributed by atoms with van der Waals surface area (Å²) >= 11 is 0. The fraction of sp³-hybridized carbons (Fsp3) is 0.250. The minimum Gasteiger partial charge on any atom is -0.506 e. The van der Waals surface area contributed by atoms with Crippen molar-refractivity contribution in [2.75, 3.05) is 18.9 Å². The number of carboxylic acid groups (broad SMARTS) is 1. The summed E-state index contributed by atoms with van der Waals surface area (Å²) in [5.74, 6) is -1.74. The maximum absolute atomic E-state index is 11.5. The SMILES string of the molecule is CNC(=O)CCNC(=O)Nc1ccc(C(=O)O)cc1O. The van der Waals surface area contributed by atoms with E-state index in [0.717, 1.165) is 6.07 Å². The van der Waals surface area contributed by atoms with Crippen molar-refractivity contribution in [3.05, 3.63) is 23.8 Å². The second-order valence-corrected chi connectivity index (χ2v) is 3.84. The number of hydrogen-bond acceptors (Lipinski definition) is 4. The molecule has 0 radical (unpaired) electrons. The van der Waals surface area contributed by atoms with Crippen LogP contribution in [0, 0.1) is 0 Å². The fourth-order valence-corrected chi connectivity index (χ4v) is 1.35. The molecule has 5 N–H and O–H groups in total. The topological polar surface area (TPSA) is 128 Å². The molecule has 108 valence electrons. The summed E-state index contributed by atoms with van der Waals surface area (Å²) in [6.45, 7) is 0.138. The van der Waals surface area contributed by atoms with Crippen molar-refractivity contribution in [1.29, 1.82) is 0 Å². The van der Waals surface area contributed by atoms with Crippen molar-refractivity contribution in [3.8, 4) is 5.75 Å². The van der Waals surface area contributed by atoms with Gasteiger partial charge >= 0.3 is 12.0 Å². The summed E-state index contributed by atoms with van der Waals surface area (Å²) in [6, 6.07) is 2.95. The number of nitrogens with one attached hydrogen (secondary N) is 3. The Morgan fingerprint density at radius 1 is 1.25 bits per heavy atom. The highest BCUT2D eigenvalue weighted by Crippen LogP contribution is 2.24. The number of urea groups is 1. The Kier molecular flexibility index (Phi) is 5.33. The number of amides is 3. The van der Waals surface area contributed by atoms with E-state index in [1.54, 1.807) is 0 Å². The van der Waals surface area contributed by atoms with Crippen LogP contribution in [0.4, 0.5) is 10.5 Å². The first-order valence-electron chi connectivity index (χ1n) is 5.75. The molecule has 0 saturated carbocycles. The molecule has 0 bridgehead atoms. The molecule has 0 aliphatic heterocycles. The van der Waals surface area contributed by atoms with E-state index in [0.29, 0.717) is 0 Å². The van der Waals surface area contributed by atoms with Crippen molar-refractivity contribution in [3.63, 3.8) is 0 Å². The van der Waals surface area contributed by atoms with Crippen LogP contribution < -0.4 is 16.0 Å². The molecule has 1 rings (SSSR count). The van der Waals surface area contributed by atoms with E-state index in [-0.39, 0.29) is 35.9 Å². The van der Waals surface area contributed by atoms with Crippen LogP contribution in [0.25, 0.3) is 0 Å². The van der Waals surface area contributed by atoms with Crippen LogP contribution in [0.1, 0.15) is 16.8 Å². The van der Waals surface area contributed by atoms with E-state index in [1.165, 1.54) is 19.2 Å². The van der Waals surface area contributed by atoms with Gasteiger partial charge in [0.15, 0.2) is 0 Å². The lowest BCUT2D eigenvalue weighted by Crippen LogP contribution is -2.32. The number of aromatic hydroxyl groups is 1. The number of carbonyl (C=O) groups excluding carboxylic acids is 2. The van der Waals surface area contributed by atoms with Gasteiger partial charge in [-0.2, -0.15) is 0 Å². The van der Waals surface area contributed by atoms with Crippen molar-refractivity contribution in [2.45, 2.75) is 6.42 Å². The summed E-state index contributed by atoms with van der Waals surface area (Å²) in [5.41, 5.74) is -0.0134. The highest BCUT2D eigenvalue weighted by molar-refractivity contribution is 5.93. The largest absolute Gasteiger partial charge is 0.506 e. The predicted molar refractivity (Wildman–Crippen MR) is 70.8 cm³/mol. The second kappa shape index (κ2) is 6.98. The first-order valence-corrected chi connectivity index (χ1v) is 5.75. The standard InChI is InChI=1S/C12H15N3O5/c1-13-10(17)4-5-14-12(20)15-8-3-2-7(11(18)19)6-9(8)16/h2-3,6,16H,4-5H2,1H3,(H,13,17)(H,18,19)(H2,14,15,20). The summed E-state index contributed by atoms with van der Waals surface area (Å²) in [7, 11) is 1.49.